The van der Waals surface area contributed by atoms with Crippen LogP contribution in [0, 0.1) is 0 Å². The fourth-order valence-corrected chi connectivity index (χ4v) is 2.87. The number of aromatic nitrogens is 2. The number of anilines is 1. The first-order chi connectivity index (χ1) is 11.9. The van der Waals surface area contributed by atoms with Crippen molar-refractivity contribution in [3.05, 3.63) is 53.2 Å². The molecule has 1 aliphatic heterocycles. The zero-order chi connectivity index (χ0) is 17.9. The number of benzene rings is 1. The van der Waals surface area contributed by atoms with Gasteiger partial charge < -0.3 is 10.4 Å². The molecule has 134 valence electrons. The van der Waals surface area contributed by atoms with Crippen LogP contribution in [0.15, 0.2) is 36.4 Å². The standard InChI is InChI=1S/C17H19F3N4O/c18-17(19,20)15-5-6-16(23-22-15)21-9-14(25)11-24-8-7-12-3-1-2-4-13(12)10-24/h1-6,14,25H,7-11H2,(H,21,23). The zero-order valence-electron chi connectivity index (χ0n) is 13.5. The molecule has 3 rings (SSSR count). The Balaban J connectivity index is 1.48. The molecule has 2 aromatic rings. The number of nitrogens with one attached hydrogen (secondary N) is 1. The first-order valence-corrected chi connectivity index (χ1v) is 8.04. The highest BCUT2D eigenvalue weighted by Gasteiger charge is 2.32. The predicted octanol–water partition coefficient (Wildman–Crippen LogP) is 2.33. The molecule has 0 spiro atoms. The molecule has 0 saturated carbocycles. The highest BCUT2D eigenvalue weighted by molar-refractivity contribution is 5.33. The van der Waals surface area contributed by atoms with Crippen LogP contribution >= 0.6 is 0 Å². The van der Waals surface area contributed by atoms with Crippen molar-refractivity contribution in [3.8, 4) is 0 Å². The average Bonchev–Trinajstić information content (AvgIpc) is 2.59. The Bertz CT molecular complexity index is 706. The van der Waals surface area contributed by atoms with Gasteiger partial charge in [0.15, 0.2) is 5.69 Å². The van der Waals surface area contributed by atoms with Crippen LogP contribution in [0.2, 0.25) is 0 Å². The van der Waals surface area contributed by atoms with E-state index in [0.717, 1.165) is 25.6 Å². The number of fused-ring (bicyclic) bond motifs is 1. The van der Waals surface area contributed by atoms with E-state index in [1.165, 1.54) is 17.2 Å². The lowest BCUT2D eigenvalue weighted by molar-refractivity contribution is -0.141. The van der Waals surface area contributed by atoms with Crippen LogP contribution in [0.25, 0.3) is 0 Å². The number of β-amino-alcohol motifs (C(OH)–C–C–N with tert-alkyl or cyclic N) is 1. The Morgan fingerprint density at radius 2 is 1.88 bits per heavy atom. The lowest BCUT2D eigenvalue weighted by atomic mass is 10.00. The molecule has 2 heterocycles. The van der Waals surface area contributed by atoms with E-state index in [1.807, 2.05) is 12.1 Å². The summed E-state index contributed by atoms with van der Waals surface area (Å²) >= 11 is 0. The molecule has 1 atom stereocenters. The second-order valence-corrected chi connectivity index (χ2v) is 6.09. The first kappa shape index (κ1) is 17.6. The van der Waals surface area contributed by atoms with Gasteiger partial charge in [0, 0.05) is 26.2 Å². The van der Waals surface area contributed by atoms with Gasteiger partial charge in [0.25, 0.3) is 0 Å². The van der Waals surface area contributed by atoms with Crippen LogP contribution in [-0.2, 0) is 19.1 Å². The van der Waals surface area contributed by atoms with Gasteiger partial charge in [-0.05, 0) is 29.7 Å². The second kappa shape index (κ2) is 7.37. The van der Waals surface area contributed by atoms with E-state index in [9.17, 15) is 18.3 Å². The van der Waals surface area contributed by atoms with Gasteiger partial charge in [0.1, 0.15) is 5.82 Å². The lowest BCUT2D eigenvalue weighted by Gasteiger charge is -2.30. The second-order valence-electron chi connectivity index (χ2n) is 6.09. The lowest BCUT2D eigenvalue weighted by Crippen LogP contribution is -2.39. The Kier molecular flexibility index (Phi) is 5.19. The molecule has 1 aromatic carbocycles. The summed E-state index contributed by atoms with van der Waals surface area (Å²) < 4.78 is 37.3. The molecule has 0 amide bonds. The molecule has 2 N–H and O–H groups in total. The molecule has 1 aliphatic rings. The molecule has 8 heteroatoms. The van der Waals surface area contributed by atoms with Crippen molar-refractivity contribution >= 4 is 5.82 Å². The summed E-state index contributed by atoms with van der Waals surface area (Å²) in [6, 6.07) is 10.3. The predicted molar refractivity (Wildman–Crippen MR) is 87.0 cm³/mol. The maximum absolute atomic E-state index is 12.4. The summed E-state index contributed by atoms with van der Waals surface area (Å²) in [5.74, 6) is 0.205. The third-order valence-corrected chi connectivity index (χ3v) is 4.15. The van der Waals surface area contributed by atoms with Crippen molar-refractivity contribution in [2.24, 2.45) is 0 Å². The van der Waals surface area contributed by atoms with E-state index in [1.54, 1.807) is 0 Å². The molecule has 1 unspecified atom stereocenters. The van der Waals surface area contributed by atoms with Crippen LogP contribution in [0.3, 0.4) is 0 Å². The van der Waals surface area contributed by atoms with Crippen LogP contribution in [-0.4, -0.2) is 45.9 Å². The highest BCUT2D eigenvalue weighted by atomic mass is 19.4. The quantitative estimate of drug-likeness (QED) is 0.865. The molecule has 0 fully saturated rings. The summed E-state index contributed by atoms with van der Waals surface area (Å²) in [6.07, 6.45) is -4.22. The fourth-order valence-electron chi connectivity index (χ4n) is 2.87. The number of hydrogen-bond acceptors (Lipinski definition) is 5. The fraction of sp³-hybridized carbons (Fsp3) is 0.412. The summed E-state index contributed by atoms with van der Waals surface area (Å²) in [5, 5.41) is 19.6. The summed E-state index contributed by atoms with van der Waals surface area (Å²) in [6.45, 7) is 2.33. The number of alkyl halides is 3. The summed E-state index contributed by atoms with van der Waals surface area (Å²) in [7, 11) is 0. The minimum atomic E-state index is -4.50. The molecule has 0 bridgehead atoms. The van der Waals surface area contributed by atoms with Crippen molar-refractivity contribution < 1.29 is 18.3 Å². The molecule has 25 heavy (non-hydrogen) atoms. The SMILES string of the molecule is OC(CNc1ccc(C(F)(F)F)nn1)CN1CCc2ccccc2C1. The third kappa shape index (κ3) is 4.67. The van der Waals surface area contributed by atoms with Crippen LogP contribution in [0.4, 0.5) is 19.0 Å². The number of rotatable bonds is 5. The van der Waals surface area contributed by atoms with E-state index < -0.39 is 18.0 Å². The van der Waals surface area contributed by atoms with Crippen molar-refractivity contribution in [1.29, 1.82) is 0 Å². The maximum Gasteiger partial charge on any atom is 0.435 e. The van der Waals surface area contributed by atoms with E-state index in [2.05, 4.69) is 32.5 Å². The van der Waals surface area contributed by atoms with Crippen LogP contribution in [0.5, 0.6) is 0 Å². The van der Waals surface area contributed by atoms with Crippen LogP contribution < -0.4 is 5.32 Å². The average molecular weight is 352 g/mol. The summed E-state index contributed by atoms with van der Waals surface area (Å²) in [5.41, 5.74) is 1.57. The normalized spacial score (nSPS) is 16.3. The van der Waals surface area contributed by atoms with Gasteiger partial charge in [0.05, 0.1) is 6.10 Å². The number of halogens is 3. The van der Waals surface area contributed by atoms with E-state index in [0.29, 0.717) is 6.54 Å². The zero-order valence-corrected chi connectivity index (χ0v) is 13.5. The smallest absolute Gasteiger partial charge is 0.390 e. The Morgan fingerprint density at radius 3 is 2.56 bits per heavy atom. The topological polar surface area (TPSA) is 61.3 Å². The molecular weight excluding hydrogens is 333 g/mol. The van der Waals surface area contributed by atoms with Gasteiger partial charge in [-0.1, -0.05) is 24.3 Å². The van der Waals surface area contributed by atoms with Gasteiger partial charge in [0.2, 0.25) is 0 Å². The Morgan fingerprint density at radius 1 is 1.12 bits per heavy atom. The van der Waals surface area contributed by atoms with E-state index in [4.69, 9.17) is 0 Å². The first-order valence-electron chi connectivity index (χ1n) is 8.04. The Labute approximate surface area is 143 Å². The molecule has 0 aliphatic carbocycles. The van der Waals surface area contributed by atoms with Crippen LogP contribution in [0.1, 0.15) is 16.8 Å². The van der Waals surface area contributed by atoms with Gasteiger partial charge in [-0.15, -0.1) is 10.2 Å². The highest BCUT2D eigenvalue weighted by Crippen LogP contribution is 2.27. The molecule has 5 nitrogen and oxygen atoms in total. The summed E-state index contributed by atoms with van der Waals surface area (Å²) in [4.78, 5) is 2.16. The number of aliphatic hydroxyl groups is 1. The van der Waals surface area contributed by atoms with E-state index in [-0.39, 0.29) is 12.4 Å². The Hall–Kier alpha value is -2.19. The third-order valence-electron chi connectivity index (χ3n) is 4.15. The molecule has 1 aromatic heterocycles. The van der Waals surface area contributed by atoms with Crippen molar-refractivity contribution in [2.45, 2.75) is 25.2 Å². The largest absolute Gasteiger partial charge is 0.435 e. The minimum absolute atomic E-state index is 0.193. The maximum atomic E-state index is 12.4. The van der Waals surface area contributed by atoms with Gasteiger partial charge in [-0.2, -0.15) is 13.2 Å². The monoisotopic (exact) mass is 352 g/mol. The van der Waals surface area contributed by atoms with E-state index >= 15 is 0 Å². The number of hydrogen-bond donors (Lipinski definition) is 2. The van der Waals surface area contributed by atoms with Crippen molar-refractivity contribution in [2.75, 3.05) is 25.0 Å². The van der Waals surface area contributed by atoms with Gasteiger partial charge in [-0.25, -0.2) is 0 Å². The van der Waals surface area contributed by atoms with Gasteiger partial charge >= 0.3 is 6.18 Å². The van der Waals surface area contributed by atoms with Crippen molar-refractivity contribution in [3.63, 3.8) is 0 Å². The minimum Gasteiger partial charge on any atom is -0.390 e. The molecular formula is C17H19F3N4O. The van der Waals surface area contributed by atoms with Crippen molar-refractivity contribution in [1.82, 2.24) is 15.1 Å². The number of nitrogens with zero attached hydrogens (tertiary/aromatic N) is 3. The molecule has 0 saturated heterocycles. The molecule has 0 radical (unpaired) electrons. The van der Waals surface area contributed by atoms with Gasteiger partial charge in [-0.3, -0.25) is 4.90 Å². The number of aliphatic hydroxyl groups excluding tert-OH is 1.